The zero-order valence-corrected chi connectivity index (χ0v) is 8.97. The molecule has 3 unspecified atom stereocenters. The highest BCUT2D eigenvalue weighted by Crippen LogP contribution is 2.24. The Morgan fingerprint density at radius 2 is 2.53 bits per heavy atom. The van der Waals surface area contributed by atoms with Crippen LogP contribution in [0.5, 0.6) is 0 Å². The Kier molecular flexibility index (Phi) is 3.34. The fourth-order valence-corrected chi connectivity index (χ4v) is 2.05. The molecule has 0 aromatic carbocycles. The largest absolute Gasteiger partial charge is 0.392 e. The van der Waals surface area contributed by atoms with Gasteiger partial charge in [0.1, 0.15) is 0 Å². The van der Waals surface area contributed by atoms with Crippen molar-refractivity contribution < 1.29 is 9.84 Å². The maximum atomic E-state index is 10.0. The van der Waals surface area contributed by atoms with Gasteiger partial charge < -0.3 is 9.84 Å². The third-order valence-corrected chi connectivity index (χ3v) is 2.94. The molecule has 2 heterocycles. The maximum absolute atomic E-state index is 10.0. The zero-order chi connectivity index (χ0) is 10.7. The summed E-state index contributed by atoms with van der Waals surface area (Å²) in [5.41, 5.74) is 1.09. The first kappa shape index (κ1) is 10.6. The summed E-state index contributed by atoms with van der Waals surface area (Å²) in [6.07, 6.45) is 5.17. The molecule has 3 atom stereocenters. The molecular formula is C12H17NO2. The average molecular weight is 207 g/mol. The highest BCUT2D eigenvalue weighted by atomic mass is 16.5. The van der Waals surface area contributed by atoms with E-state index < -0.39 is 0 Å². The number of pyridine rings is 1. The van der Waals surface area contributed by atoms with E-state index in [4.69, 9.17) is 4.74 Å². The lowest BCUT2D eigenvalue weighted by atomic mass is 9.95. The third-order valence-electron chi connectivity index (χ3n) is 2.94. The minimum Gasteiger partial charge on any atom is -0.392 e. The molecule has 15 heavy (non-hydrogen) atoms. The molecule has 0 radical (unpaired) electrons. The van der Waals surface area contributed by atoms with Gasteiger partial charge >= 0.3 is 0 Å². The van der Waals surface area contributed by atoms with Crippen molar-refractivity contribution in [1.82, 2.24) is 4.98 Å². The van der Waals surface area contributed by atoms with Crippen LogP contribution in [0, 0.1) is 5.92 Å². The molecule has 82 valence electrons. The van der Waals surface area contributed by atoms with E-state index in [1.165, 1.54) is 0 Å². The lowest BCUT2D eigenvalue weighted by Gasteiger charge is -2.16. The lowest BCUT2D eigenvalue weighted by Crippen LogP contribution is -2.23. The molecular weight excluding hydrogens is 190 g/mol. The van der Waals surface area contributed by atoms with E-state index in [1.807, 2.05) is 18.3 Å². The number of hydrogen-bond donors (Lipinski definition) is 1. The highest BCUT2D eigenvalue weighted by Gasteiger charge is 2.28. The van der Waals surface area contributed by atoms with Crippen LogP contribution in [0.3, 0.4) is 0 Å². The molecule has 1 aliphatic heterocycles. The smallest absolute Gasteiger partial charge is 0.0632 e. The number of aromatic nitrogens is 1. The first-order chi connectivity index (χ1) is 7.25. The van der Waals surface area contributed by atoms with Crippen molar-refractivity contribution in [3.05, 3.63) is 30.1 Å². The first-order valence-electron chi connectivity index (χ1n) is 5.44. The molecule has 1 aliphatic rings. The van der Waals surface area contributed by atoms with Crippen LogP contribution < -0.4 is 0 Å². The molecule has 1 fully saturated rings. The van der Waals surface area contributed by atoms with E-state index in [0.717, 1.165) is 12.0 Å². The molecule has 1 N–H and O–H groups in total. The Labute approximate surface area is 90.1 Å². The molecule has 0 aliphatic carbocycles. The van der Waals surface area contributed by atoms with Gasteiger partial charge in [0.05, 0.1) is 18.8 Å². The van der Waals surface area contributed by atoms with Crippen LogP contribution in [0.1, 0.15) is 18.9 Å². The van der Waals surface area contributed by atoms with E-state index in [2.05, 4.69) is 11.9 Å². The molecule has 2 rings (SSSR count). The van der Waals surface area contributed by atoms with Crippen LogP contribution in [0.25, 0.3) is 0 Å². The molecule has 0 saturated carbocycles. The normalized spacial score (nSPS) is 27.9. The van der Waals surface area contributed by atoms with Crippen LogP contribution >= 0.6 is 0 Å². The van der Waals surface area contributed by atoms with Crippen molar-refractivity contribution in [2.75, 3.05) is 6.61 Å². The molecule has 0 bridgehead atoms. The number of aliphatic hydroxyl groups is 1. The molecule has 0 amide bonds. The van der Waals surface area contributed by atoms with Gasteiger partial charge in [0.25, 0.3) is 0 Å². The number of nitrogens with zero attached hydrogens (tertiary/aromatic N) is 1. The molecule has 0 spiro atoms. The number of rotatable bonds is 3. The summed E-state index contributed by atoms with van der Waals surface area (Å²) in [4.78, 5) is 4.04. The molecule has 3 heteroatoms. The summed E-state index contributed by atoms with van der Waals surface area (Å²) in [5.74, 6) is 0.278. The average Bonchev–Trinajstić information content (AvgIpc) is 2.66. The zero-order valence-electron chi connectivity index (χ0n) is 8.97. The molecule has 1 aromatic heterocycles. The fraction of sp³-hybridized carbons (Fsp3) is 0.583. The van der Waals surface area contributed by atoms with Crippen molar-refractivity contribution >= 4 is 0 Å². The fourth-order valence-electron chi connectivity index (χ4n) is 2.05. The van der Waals surface area contributed by atoms with Gasteiger partial charge in [-0.3, -0.25) is 4.98 Å². The van der Waals surface area contributed by atoms with Crippen molar-refractivity contribution in [2.45, 2.75) is 32.0 Å². The summed E-state index contributed by atoms with van der Waals surface area (Å²) in [5, 5.41) is 10.0. The molecule has 1 saturated heterocycles. The molecule has 1 aromatic rings. The summed E-state index contributed by atoms with van der Waals surface area (Å²) in [6, 6.07) is 3.89. The summed E-state index contributed by atoms with van der Waals surface area (Å²) < 4.78 is 5.45. The minimum absolute atomic E-state index is 0.278. The minimum atomic E-state index is -0.306. The highest BCUT2D eigenvalue weighted by molar-refractivity contribution is 5.10. The topological polar surface area (TPSA) is 42.4 Å². The van der Waals surface area contributed by atoms with Gasteiger partial charge in [-0.1, -0.05) is 6.07 Å². The van der Waals surface area contributed by atoms with Crippen LogP contribution in [0.4, 0.5) is 0 Å². The Morgan fingerprint density at radius 3 is 3.13 bits per heavy atom. The second kappa shape index (κ2) is 4.73. The lowest BCUT2D eigenvalue weighted by molar-refractivity contribution is 0.0806. The van der Waals surface area contributed by atoms with E-state index in [9.17, 15) is 5.11 Å². The standard InChI is InChI=1S/C12H17NO2/c1-9-5-11(8-15-9)12(14)6-10-3-2-4-13-7-10/h2-4,7,9,11-12,14H,5-6,8H2,1H3. The summed E-state index contributed by atoms with van der Waals surface area (Å²) in [7, 11) is 0. The monoisotopic (exact) mass is 207 g/mol. The summed E-state index contributed by atoms with van der Waals surface area (Å²) in [6.45, 7) is 2.74. The SMILES string of the molecule is CC1CC(C(O)Cc2cccnc2)CO1. The van der Waals surface area contributed by atoms with Crippen LogP contribution in [-0.2, 0) is 11.2 Å². The van der Waals surface area contributed by atoms with Crippen LogP contribution in [-0.4, -0.2) is 28.9 Å². The maximum Gasteiger partial charge on any atom is 0.0632 e. The quantitative estimate of drug-likeness (QED) is 0.815. The van der Waals surface area contributed by atoms with Gasteiger partial charge in [-0.15, -0.1) is 0 Å². The van der Waals surface area contributed by atoms with Crippen LogP contribution in [0.15, 0.2) is 24.5 Å². The molecule has 3 nitrogen and oxygen atoms in total. The van der Waals surface area contributed by atoms with Crippen molar-refractivity contribution in [3.8, 4) is 0 Å². The van der Waals surface area contributed by atoms with Gasteiger partial charge in [0.2, 0.25) is 0 Å². The Bertz CT molecular complexity index is 302. The van der Waals surface area contributed by atoms with E-state index in [0.29, 0.717) is 19.1 Å². The van der Waals surface area contributed by atoms with Gasteiger partial charge in [-0.05, 0) is 25.0 Å². The van der Waals surface area contributed by atoms with E-state index in [1.54, 1.807) is 6.20 Å². The predicted octanol–water partition coefficient (Wildman–Crippen LogP) is 1.41. The van der Waals surface area contributed by atoms with Gasteiger partial charge in [0, 0.05) is 24.7 Å². The predicted molar refractivity (Wildman–Crippen MR) is 57.5 cm³/mol. The first-order valence-corrected chi connectivity index (χ1v) is 5.44. The second-order valence-electron chi connectivity index (χ2n) is 4.27. The van der Waals surface area contributed by atoms with Crippen molar-refractivity contribution in [1.29, 1.82) is 0 Å². The van der Waals surface area contributed by atoms with Crippen LogP contribution in [0.2, 0.25) is 0 Å². The van der Waals surface area contributed by atoms with Gasteiger partial charge in [-0.2, -0.15) is 0 Å². The van der Waals surface area contributed by atoms with Gasteiger partial charge in [-0.25, -0.2) is 0 Å². The van der Waals surface area contributed by atoms with Gasteiger partial charge in [0.15, 0.2) is 0 Å². The van der Waals surface area contributed by atoms with E-state index in [-0.39, 0.29) is 12.0 Å². The Balaban J connectivity index is 1.90. The Hall–Kier alpha value is -0.930. The Morgan fingerprint density at radius 1 is 1.67 bits per heavy atom. The second-order valence-corrected chi connectivity index (χ2v) is 4.27. The van der Waals surface area contributed by atoms with E-state index >= 15 is 0 Å². The number of hydrogen-bond acceptors (Lipinski definition) is 3. The van der Waals surface area contributed by atoms with Crippen molar-refractivity contribution in [2.24, 2.45) is 5.92 Å². The third kappa shape index (κ3) is 2.76. The number of ether oxygens (including phenoxy) is 1. The van der Waals surface area contributed by atoms with Crippen molar-refractivity contribution in [3.63, 3.8) is 0 Å². The summed E-state index contributed by atoms with van der Waals surface area (Å²) >= 11 is 0. The number of aliphatic hydroxyl groups excluding tert-OH is 1.